The quantitative estimate of drug-likeness (QED) is 0.828. The summed E-state index contributed by atoms with van der Waals surface area (Å²) in [5.74, 6) is 0.888. The fourth-order valence-electron chi connectivity index (χ4n) is 2.49. The average molecular weight is 217 g/mol. The predicted molar refractivity (Wildman–Crippen MR) is 60.4 cm³/mol. The number of benzene rings is 1. The third kappa shape index (κ3) is 1.61. The lowest BCUT2D eigenvalue weighted by Gasteiger charge is -2.23. The fourth-order valence-corrected chi connectivity index (χ4v) is 2.49. The molecule has 16 heavy (non-hydrogen) atoms. The first-order valence-corrected chi connectivity index (χ1v) is 5.50. The molecule has 0 heterocycles. The molecular formula is C13H15NO2. The maximum Gasteiger partial charge on any atom is 0.123 e. The minimum absolute atomic E-state index is 0.192. The Balaban J connectivity index is 2.53. The molecule has 0 aromatic heterocycles. The van der Waals surface area contributed by atoms with E-state index in [2.05, 4.69) is 6.07 Å². The van der Waals surface area contributed by atoms with Crippen LogP contribution in [0.1, 0.15) is 31.2 Å². The van der Waals surface area contributed by atoms with E-state index in [0.29, 0.717) is 5.75 Å². The van der Waals surface area contributed by atoms with Crippen molar-refractivity contribution in [1.82, 2.24) is 0 Å². The number of rotatable bonds is 2. The van der Waals surface area contributed by atoms with Crippen LogP contribution in [0, 0.1) is 11.3 Å². The molecule has 2 rings (SSSR count). The van der Waals surface area contributed by atoms with Gasteiger partial charge in [-0.2, -0.15) is 5.26 Å². The number of phenolic OH excluding ortho intramolecular Hbond substituents is 1. The lowest BCUT2D eigenvalue weighted by molar-refractivity contribution is 0.393. The SMILES string of the molecule is COc1ccc(O)cc1C1(C#N)CCCC1. The number of phenols is 1. The van der Waals surface area contributed by atoms with Crippen molar-refractivity contribution in [2.24, 2.45) is 0 Å². The van der Waals surface area contributed by atoms with E-state index in [4.69, 9.17) is 4.74 Å². The molecule has 1 aliphatic carbocycles. The summed E-state index contributed by atoms with van der Waals surface area (Å²) in [5, 5.41) is 18.9. The third-order valence-electron chi connectivity index (χ3n) is 3.37. The highest BCUT2D eigenvalue weighted by Gasteiger charge is 2.38. The Morgan fingerprint density at radius 2 is 2.06 bits per heavy atom. The van der Waals surface area contributed by atoms with Crippen LogP contribution in [0.5, 0.6) is 11.5 Å². The molecule has 0 atom stereocenters. The Morgan fingerprint density at radius 1 is 1.38 bits per heavy atom. The Labute approximate surface area is 95.3 Å². The van der Waals surface area contributed by atoms with Gasteiger partial charge in [-0.15, -0.1) is 0 Å². The third-order valence-corrected chi connectivity index (χ3v) is 3.37. The molecule has 0 saturated heterocycles. The van der Waals surface area contributed by atoms with Gasteiger partial charge in [0.15, 0.2) is 0 Å². The molecule has 1 aromatic rings. The Hall–Kier alpha value is -1.69. The van der Waals surface area contributed by atoms with Crippen LogP contribution in [0.25, 0.3) is 0 Å². The number of hydrogen-bond donors (Lipinski definition) is 1. The second-order valence-electron chi connectivity index (χ2n) is 4.29. The second kappa shape index (κ2) is 4.05. The van der Waals surface area contributed by atoms with Crippen LogP contribution < -0.4 is 4.74 Å². The van der Waals surface area contributed by atoms with E-state index >= 15 is 0 Å². The molecule has 1 saturated carbocycles. The topological polar surface area (TPSA) is 53.2 Å². The first-order chi connectivity index (χ1) is 7.72. The van der Waals surface area contributed by atoms with Crippen LogP contribution in [-0.2, 0) is 5.41 Å². The smallest absolute Gasteiger partial charge is 0.123 e. The van der Waals surface area contributed by atoms with Crippen LogP contribution in [0.3, 0.4) is 0 Å². The largest absolute Gasteiger partial charge is 0.508 e. The number of aromatic hydroxyl groups is 1. The monoisotopic (exact) mass is 217 g/mol. The van der Waals surface area contributed by atoms with Crippen molar-refractivity contribution in [2.75, 3.05) is 7.11 Å². The standard InChI is InChI=1S/C13H15NO2/c1-16-12-5-4-10(15)8-11(12)13(9-14)6-2-3-7-13/h4-5,8,15H,2-3,6-7H2,1H3. The van der Waals surface area contributed by atoms with Gasteiger partial charge in [-0.05, 0) is 31.0 Å². The first-order valence-electron chi connectivity index (χ1n) is 5.50. The zero-order valence-corrected chi connectivity index (χ0v) is 9.36. The maximum absolute atomic E-state index is 9.54. The Morgan fingerprint density at radius 3 is 2.62 bits per heavy atom. The van der Waals surface area contributed by atoms with Gasteiger partial charge in [0.25, 0.3) is 0 Å². The lowest BCUT2D eigenvalue weighted by Crippen LogP contribution is -2.20. The van der Waals surface area contributed by atoms with Crippen LogP contribution in [0.4, 0.5) is 0 Å². The van der Waals surface area contributed by atoms with Crippen molar-refractivity contribution in [1.29, 1.82) is 5.26 Å². The molecule has 3 nitrogen and oxygen atoms in total. The molecule has 1 aromatic carbocycles. The highest BCUT2D eigenvalue weighted by atomic mass is 16.5. The molecule has 0 radical (unpaired) electrons. The van der Waals surface area contributed by atoms with E-state index in [1.54, 1.807) is 25.3 Å². The van der Waals surface area contributed by atoms with E-state index in [-0.39, 0.29) is 5.75 Å². The molecule has 1 N–H and O–H groups in total. The lowest BCUT2D eigenvalue weighted by atomic mass is 9.80. The van der Waals surface area contributed by atoms with Crippen molar-refractivity contribution in [3.63, 3.8) is 0 Å². The highest BCUT2D eigenvalue weighted by Crippen LogP contribution is 2.45. The van der Waals surface area contributed by atoms with Gasteiger partial charge in [0.1, 0.15) is 11.5 Å². The van der Waals surface area contributed by atoms with Crippen LogP contribution in [0.2, 0.25) is 0 Å². The molecule has 1 fully saturated rings. The summed E-state index contributed by atoms with van der Waals surface area (Å²) in [6.07, 6.45) is 3.82. The zero-order valence-electron chi connectivity index (χ0n) is 9.36. The van der Waals surface area contributed by atoms with E-state index in [1.165, 1.54) is 0 Å². The molecular weight excluding hydrogens is 202 g/mol. The van der Waals surface area contributed by atoms with Gasteiger partial charge in [-0.3, -0.25) is 0 Å². The Kier molecular flexibility index (Phi) is 2.74. The van der Waals surface area contributed by atoms with E-state index < -0.39 is 5.41 Å². The zero-order chi connectivity index (χ0) is 11.6. The molecule has 0 aliphatic heterocycles. The molecule has 84 valence electrons. The van der Waals surface area contributed by atoms with Gasteiger partial charge < -0.3 is 9.84 Å². The highest BCUT2D eigenvalue weighted by molar-refractivity contribution is 5.48. The summed E-state index contributed by atoms with van der Waals surface area (Å²) in [4.78, 5) is 0. The summed E-state index contributed by atoms with van der Waals surface area (Å²) >= 11 is 0. The Bertz CT molecular complexity index is 428. The van der Waals surface area contributed by atoms with Gasteiger partial charge in [0.2, 0.25) is 0 Å². The van der Waals surface area contributed by atoms with E-state index in [1.807, 2.05) is 0 Å². The van der Waals surface area contributed by atoms with E-state index in [9.17, 15) is 10.4 Å². The maximum atomic E-state index is 9.54. The average Bonchev–Trinajstić information content (AvgIpc) is 2.78. The van der Waals surface area contributed by atoms with Crippen LogP contribution in [0.15, 0.2) is 18.2 Å². The summed E-state index contributed by atoms with van der Waals surface area (Å²) < 4.78 is 5.28. The number of hydrogen-bond acceptors (Lipinski definition) is 3. The molecule has 3 heteroatoms. The second-order valence-corrected chi connectivity index (χ2v) is 4.29. The minimum atomic E-state index is -0.468. The summed E-state index contributed by atoms with van der Waals surface area (Å²) in [7, 11) is 1.59. The predicted octanol–water partition coefficient (Wildman–Crippen LogP) is 2.74. The number of nitriles is 1. The first kappa shape index (κ1) is 10.8. The molecule has 0 amide bonds. The van der Waals surface area contributed by atoms with Crippen LogP contribution in [-0.4, -0.2) is 12.2 Å². The molecule has 0 unspecified atom stereocenters. The normalized spacial score (nSPS) is 18.0. The van der Waals surface area contributed by atoms with Gasteiger partial charge in [-0.25, -0.2) is 0 Å². The number of nitrogens with zero attached hydrogens (tertiary/aromatic N) is 1. The molecule has 1 aliphatic rings. The van der Waals surface area contributed by atoms with Crippen molar-refractivity contribution < 1.29 is 9.84 Å². The van der Waals surface area contributed by atoms with Crippen LogP contribution >= 0.6 is 0 Å². The van der Waals surface area contributed by atoms with E-state index in [0.717, 1.165) is 31.2 Å². The molecule has 0 bridgehead atoms. The number of methoxy groups -OCH3 is 1. The van der Waals surface area contributed by atoms with Gasteiger partial charge >= 0.3 is 0 Å². The summed E-state index contributed by atoms with van der Waals surface area (Å²) in [5.41, 5.74) is 0.361. The van der Waals surface area contributed by atoms with Crippen molar-refractivity contribution in [3.05, 3.63) is 23.8 Å². The van der Waals surface area contributed by atoms with Gasteiger partial charge in [0.05, 0.1) is 18.6 Å². The summed E-state index contributed by atoms with van der Waals surface area (Å²) in [6.45, 7) is 0. The molecule has 0 spiro atoms. The van der Waals surface area contributed by atoms with Crippen molar-refractivity contribution in [2.45, 2.75) is 31.1 Å². The van der Waals surface area contributed by atoms with Gasteiger partial charge in [-0.1, -0.05) is 12.8 Å². The van der Waals surface area contributed by atoms with Crippen molar-refractivity contribution in [3.8, 4) is 17.6 Å². The van der Waals surface area contributed by atoms with Gasteiger partial charge in [0, 0.05) is 5.56 Å². The minimum Gasteiger partial charge on any atom is -0.508 e. The summed E-state index contributed by atoms with van der Waals surface area (Å²) in [6, 6.07) is 7.37. The number of ether oxygens (including phenoxy) is 1. The van der Waals surface area contributed by atoms with Crippen molar-refractivity contribution >= 4 is 0 Å². The fraction of sp³-hybridized carbons (Fsp3) is 0.462.